The van der Waals surface area contributed by atoms with Gasteiger partial charge in [0.1, 0.15) is 22.4 Å². The highest BCUT2D eigenvalue weighted by Gasteiger charge is 2.38. The molecule has 7 nitrogen and oxygen atoms in total. The smallest absolute Gasteiger partial charge is 0.247 e. The molecule has 0 radical (unpaired) electrons. The Hall–Kier alpha value is -3.19. The molecule has 0 aliphatic carbocycles. The molecule has 0 fully saturated rings. The van der Waals surface area contributed by atoms with Crippen LogP contribution in [0.1, 0.15) is 38.8 Å². The van der Waals surface area contributed by atoms with Crippen molar-refractivity contribution in [1.29, 1.82) is 0 Å². The van der Waals surface area contributed by atoms with Crippen molar-refractivity contribution < 1.29 is 23.4 Å². The SMILES string of the molecule is C[C@H](CO)N1C[C@H](C)[C@@H](CN(C)Cc2ccc(-c3ccccc3)cc2)Oc2cc(C#CC(C)(C)O)ccc2S1(=O)=O. The number of hydrogen-bond donors (Lipinski definition) is 2. The van der Waals surface area contributed by atoms with Gasteiger partial charge in [0, 0.05) is 37.2 Å². The summed E-state index contributed by atoms with van der Waals surface area (Å²) in [5.74, 6) is 5.75. The maximum atomic E-state index is 13.7. The molecule has 3 aromatic carbocycles. The van der Waals surface area contributed by atoms with Crippen molar-refractivity contribution in [3.63, 3.8) is 0 Å². The summed E-state index contributed by atoms with van der Waals surface area (Å²) in [6.07, 6.45) is -0.330. The number of hydrogen-bond acceptors (Lipinski definition) is 6. The molecule has 3 atom stereocenters. The van der Waals surface area contributed by atoms with E-state index < -0.39 is 21.7 Å². The minimum Gasteiger partial charge on any atom is -0.487 e. The standard InChI is InChI=1S/C33H40N2O5S/c1-24-20-35(25(2)23-36)41(38,39)32-16-13-26(17-18-33(3,4)37)19-30(32)40-31(24)22-34(5)21-27-11-14-29(15-12-27)28-9-7-6-8-10-28/h6-16,19,24-25,31,36-37H,20-23H2,1-5H3/t24-,25+,31+/m0/s1. The first-order valence-corrected chi connectivity index (χ1v) is 15.3. The first-order chi connectivity index (χ1) is 19.4. The Kier molecular flexibility index (Phi) is 9.58. The van der Waals surface area contributed by atoms with Crippen LogP contribution in [-0.4, -0.2) is 72.3 Å². The van der Waals surface area contributed by atoms with Crippen LogP contribution in [0.15, 0.2) is 77.7 Å². The molecule has 8 heteroatoms. The van der Waals surface area contributed by atoms with E-state index in [1.54, 1.807) is 32.9 Å². The molecule has 1 heterocycles. The van der Waals surface area contributed by atoms with E-state index in [0.29, 0.717) is 18.7 Å². The van der Waals surface area contributed by atoms with Gasteiger partial charge in [-0.2, -0.15) is 4.31 Å². The molecule has 1 aliphatic heterocycles. The lowest BCUT2D eigenvalue weighted by atomic mass is 10.0. The number of benzene rings is 3. The quantitative estimate of drug-likeness (QED) is 0.406. The van der Waals surface area contributed by atoms with E-state index in [1.165, 1.54) is 15.9 Å². The van der Waals surface area contributed by atoms with Gasteiger partial charge in [-0.05, 0) is 62.7 Å². The van der Waals surface area contributed by atoms with E-state index >= 15 is 0 Å². The molecule has 0 amide bonds. The average Bonchev–Trinajstić information content (AvgIpc) is 2.93. The Labute approximate surface area is 244 Å². The van der Waals surface area contributed by atoms with Crippen LogP contribution in [0.25, 0.3) is 11.1 Å². The summed E-state index contributed by atoms with van der Waals surface area (Å²) in [7, 11) is -1.91. The summed E-state index contributed by atoms with van der Waals surface area (Å²) in [5.41, 5.74) is 2.85. The van der Waals surface area contributed by atoms with Gasteiger partial charge in [-0.25, -0.2) is 8.42 Å². The van der Waals surface area contributed by atoms with Gasteiger partial charge in [0.05, 0.1) is 6.61 Å². The van der Waals surface area contributed by atoms with Gasteiger partial charge < -0.3 is 14.9 Å². The van der Waals surface area contributed by atoms with E-state index in [0.717, 1.165) is 11.1 Å². The molecule has 218 valence electrons. The third kappa shape index (κ3) is 7.76. The zero-order valence-corrected chi connectivity index (χ0v) is 25.2. The zero-order valence-electron chi connectivity index (χ0n) is 24.4. The van der Waals surface area contributed by atoms with E-state index in [-0.39, 0.29) is 35.8 Å². The van der Waals surface area contributed by atoms with Crippen LogP contribution in [0.5, 0.6) is 5.75 Å². The predicted molar refractivity (Wildman–Crippen MR) is 162 cm³/mol. The first kappa shape index (κ1) is 30.8. The molecule has 4 rings (SSSR count). The number of aliphatic hydroxyl groups is 2. The van der Waals surface area contributed by atoms with E-state index in [4.69, 9.17) is 4.74 Å². The number of ether oxygens (including phenoxy) is 1. The van der Waals surface area contributed by atoms with Crippen molar-refractivity contribution >= 4 is 10.0 Å². The second kappa shape index (κ2) is 12.8. The Morgan fingerprint density at radius 3 is 2.37 bits per heavy atom. The number of rotatable bonds is 7. The molecule has 0 saturated heterocycles. The predicted octanol–water partition coefficient (Wildman–Crippen LogP) is 4.38. The number of nitrogens with zero attached hydrogens (tertiary/aromatic N) is 2. The Balaban J connectivity index is 1.60. The van der Waals surface area contributed by atoms with Gasteiger partial charge in [-0.3, -0.25) is 4.90 Å². The molecule has 0 saturated carbocycles. The van der Waals surface area contributed by atoms with E-state index in [1.807, 2.05) is 32.2 Å². The summed E-state index contributed by atoms with van der Waals surface area (Å²) >= 11 is 0. The summed E-state index contributed by atoms with van der Waals surface area (Å²) in [6.45, 7) is 8.03. The lowest BCUT2D eigenvalue weighted by Gasteiger charge is -2.37. The van der Waals surface area contributed by atoms with Crippen LogP contribution in [0, 0.1) is 17.8 Å². The van der Waals surface area contributed by atoms with Crippen LogP contribution in [0.3, 0.4) is 0 Å². The summed E-state index contributed by atoms with van der Waals surface area (Å²) < 4.78 is 35.2. The Morgan fingerprint density at radius 1 is 1.07 bits per heavy atom. The highest BCUT2D eigenvalue weighted by Crippen LogP contribution is 2.34. The monoisotopic (exact) mass is 576 g/mol. The molecule has 2 N–H and O–H groups in total. The van der Waals surface area contributed by atoms with Crippen LogP contribution in [0.2, 0.25) is 0 Å². The van der Waals surface area contributed by atoms with Crippen molar-refractivity contribution in [2.24, 2.45) is 5.92 Å². The number of aliphatic hydroxyl groups excluding tert-OH is 1. The van der Waals surface area contributed by atoms with Gasteiger partial charge in [0.2, 0.25) is 10.0 Å². The van der Waals surface area contributed by atoms with Gasteiger partial charge in [0.15, 0.2) is 0 Å². The molecule has 0 spiro atoms. The molecule has 0 unspecified atom stereocenters. The lowest BCUT2D eigenvalue weighted by Crippen LogP contribution is -2.49. The normalized spacial score (nSPS) is 19.7. The van der Waals surface area contributed by atoms with Crippen LogP contribution in [0.4, 0.5) is 0 Å². The topological polar surface area (TPSA) is 90.3 Å². The second-order valence-corrected chi connectivity index (χ2v) is 13.3. The fourth-order valence-electron chi connectivity index (χ4n) is 4.86. The lowest BCUT2D eigenvalue weighted by molar-refractivity contribution is 0.0733. The summed E-state index contributed by atoms with van der Waals surface area (Å²) in [4.78, 5) is 2.22. The van der Waals surface area contributed by atoms with Crippen molar-refractivity contribution in [2.45, 2.75) is 56.9 Å². The minimum absolute atomic E-state index is 0.0441. The van der Waals surface area contributed by atoms with Crippen molar-refractivity contribution in [3.05, 3.63) is 83.9 Å². The Morgan fingerprint density at radius 2 is 1.73 bits per heavy atom. The van der Waals surface area contributed by atoms with Crippen molar-refractivity contribution in [1.82, 2.24) is 9.21 Å². The van der Waals surface area contributed by atoms with Gasteiger partial charge in [-0.15, -0.1) is 0 Å². The number of fused-ring (bicyclic) bond motifs is 1. The third-order valence-electron chi connectivity index (χ3n) is 7.19. The highest BCUT2D eigenvalue weighted by atomic mass is 32.2. The molecular formula is C33H40N2O5S. The largest absolute Gasteiger partial charge is 0.487 e. The number of likely N-dealkylation sites (N-methyl/N-ethyl adjacent to an activating group) is 1. The maximum absolute atomic E-state index is 13.7. The van der Waals surface area contributed by atoms with E-state index in [9.17, 15) is 18.6 Å². The summed E-state index contributed by atoms with van der Waals surface area (Å²) in [5, 5.41) is 19.9. The van der Waals surface area contributed by atoms with Gasteiger partial charge in [-0.1, -0.05) is 73.4 Å². The minimum atomic E-state index is -3.94. The second-order valence-electron chi connectivity index (χ2n) is 11.5. The first-order valence-electron chi connectivity index (χ1n) is 13.9. The fourth-order valence-corrected chi connectivity index (χ4v) is 6.69. The van der Waals surface area contributed by atoms with Crippen LogP contribution >= 0.6 is 0 Å². The Bertz CT molecular complexity index is 1490. The number of sulfonamides is 1. The molecular weight excluding hydrogens is 536 g/mol. The van der Waals surface area contributed by atoms with Crippen LogP contribution in [-0.2, 0) is 16.6 Å². The van der Waals surface area contributed by atoms with Gasteiger partial charge in [0.25, 0.3) is 0 Å². The van der Waals surface area contributed by atoms with Crippen LogP contribution < -0.4 is 4.74 Å². The maximum Gasteiger partial charge on any atom is 0.247 e. The van der Waals surface area contributed by atoms with E-state index in [2.05, 4.69) is 53.1 Å². The zero-order chi connectivity index (χ0) is 29.8. The molecule has 3 aromatic rings. The third-order valence-corrected chi connectivity index (χ3v) is 9.20. The van der Waals surface area contributed by atoms with Gasteiger partial charge >= 0.3 is 0 Å². The van der Waals surface area contributed by atoms with Crippen molar-refractivity contribution in [3.8, 4) is 28.7 Å². The average molecular weight is 577 g/mol. The molecule has 1 aliphatic rings. The highest BCUT2D eigenvalue weighted by molar-refractivity contribution is 7.89. The summed E-state index contributed by atoms with van der Waals surface area (Å²) in [6, 6.07) is 22.9. The molecule has 0 aromatic heterocycles. The molecule has 0 bridgehead atoms. The fraction of sp³-hybridized carbons (Fsp3) is 0.394. The van der Waals surface area contributed by atoms with Crippen molar-refractivity contribution in [2.75, 3.05) is 26.7 Å². The molecule has 41 heavy (non-hydrogen) atoms.